The van der Waals surface area contributed by atoms with Crippen LogP contribution in [0.3, 0.4) is 0 Å². The van der Waals surface area contributed by atoms with Gasteiger partial charge in [0.1, 0.15) is 6.54 Å². The number of hydrogen-bond donors (Lipinski definition) is 1. The Balaban J connectivity index is 0.00000242. The summed E-state index contributed by atoms with van der Waals surface area (Å²) in [5, 5.41) is 6.52. The van der Waals surface area contributed by atoms with Crippen LogP contribution >= 0.6 is 35.3 Å². The molecule has 1 fully saturated rings. The maximum atomic E-state index is 11.7. The first-order chi connectivity index (χ1) is 9.95. The van der Waals surface area contributed by atoms with Gasteiger partial charge in [-0.15, -0.1) is 35.3 Å². The maximum Gasteiger partial charge on any atom is 0.243 e. The molecule has 1 saturated carbocycles. The Labute approximate surface area is 153 Å². The second kappa shape index (κ2) is 8.66. The van der Waals surface area contributed by atoms with Crippen LogP contribution in [-0.2, 0) is 11.3 Å². The molecule has 22 heavy (non-hydrogen) atoms. The van der Waals surface area contributed by atoms with Crippen LogP contribution in [0.5, 0.6) is 0 Å². The molecule has 124 valence electrons. The van der Waals surface area contributed by atoms with Gasteiger partial charge >= 0.3 is 0 Å². The van der Waals surface area contributed by atoms with Gasteiger partial charge in [0.25, 0.3) is 0 Å². The molecule has 1 aromatic heterocycles. The Bertz CT molecular complexity index is 527. The minimum absolute atomic E-state index is 0. The number of likely N-dealkylation sites (N-methyl/N-ethyl adjacent to an activating group) is 1. The molecule has 1 aromatic rings. The summed E-state index contributed by atoms with van der Waals surface area (Å²) < 4.78 is 0. The molecular formula is C14H24IN5OS. The number of hydrogen-bond acceptors (Lipinski definition) is 4. The van der Waals surface area contributed by atoms with E-state index in [0.29, 0.717) is 12.6 Å². The van der Waals surface area contributed by atoms with Crippen molar-refractivity contribution in [1.29, 1.82) is 0 Å². The molecule has 1 aliphatic carbocycles. The van der Waals surface area contributed by atoms with Gasteiger partial charge in [-0.05, 0) is 19.8 Å². The molecule has 0 spiro atoms. The van der Waals surface area contributed by atoms with E-state index in [1.54, 1.807) is 30.3 Å². The number of nitrogens with one attached hydrogen (secondary N) is 1. The summed E-state index contributed by atoms with van der Waals surface area (Å²) in [7, 11) is 5.46. The van der Waals surface area contributed by atoms with Gasteiger partial charge in [-0.25, -0.2) is 9.98 Å². The van der Waals surface area contributed by atoms with E-state index in [4.69, 9.17) is 0 Å². The number of rotatable bonds is 5. The second-order valence-corrected chi connectivity index (χ2v) is 6.62. The fourth-order valence-electron chi connectivity index (χ4n) is 1.77. The lowest BCUT2D eigenvalue weighted by atomic mass is 10.4. The molecule has 8 heteroatoms. The van der Waals surface area contributed by atoms with Crippen molar-refractivity contribution in [2.45, 2.75) is 32.4 Å². The molecular weight excluding hydrogens is 413 g/mol. The van der Waals surface area contributed by atoms with Crippen LogP contribution in [0, 0.1) is 6.92 Å². The molecule has 0 atom stereocenters. The smallest absolute Gasteiger partial charge is 0.243 e. The van der Waals surface area contributed by atoms with Gasteiger partial charge in [-0.3, -0.25) is 4.79 Å². The number of amides is 1. The summed E-state index contributed by atoms with van der Waals surface area (Å²) in [5.74, 6) is 0.779. The normalized spacial score (nSPS) is 14.3. The van der Waals surface area contributed by atoms with Gasteiger partial charge in [0.15, 0.2) is 5.96 Å². The predicted octanol–water partition coefficient (Wildman–Crippen LogP) is 1.70. The minimum atomic E-state index is 0. The zero-order valence-corrected chi connectivity index (χ0v) is 16.6. The van der Waals surface area contributed by atoms with E-state index in [1.807, 2.05) is 18.9 Å². The monoisotopic (exact) mass is 437 g/mol. The lowest BCUT2D eigenvalue weighted by Gasteiger charge is -2.22. The molecule has 1 amide bonds. The summed E-state index contributed by atoms with van der Waals surface area (Å²) in [4.78, 5) is 24.2. The van der Waals surface area contributed by atoms with Crippen molar-refractivity contribution >= 4 is 47.2 Å². The van der Waals surface area contributed by atoms with Crippen molar-refractivity contribution in [2.75, 3.05) is 27.7 Å². The molecule has 0 saturated heterocycles. The van der Waals surface area contributed by atoms with Crippen LogP contribution in [0.4, 0.5) is 0 Å². The van der Waals surface area contributed by atoms with Crippen molar-refractivity contribution in [3.8, 4) is 0 Å². The average Bonchev–Trinajstić information content (AvgIpc) is 3.16. The first-order valence-electron chi connectivity index (χ1n) is 7.09. The number of carbonyl (C=O) groups is 1. The molecule has 0 aromatic carbocycles. The number of aromatic nitrogens is 1. The van der Waals surface area contributed by atoms with Crippen LogP contribution in [0.2, 0.25) is 0 Å². The van der Waals surface area contributed by atoms with E-state index in [0.717, 1.165) is 16.7 Å². The highest BCUT2D eigenvalue weighted by molar-refractivity contribution is 14.0. The Hall–Kier alpha value is -0.900. The molecule has 0 radical (unpaired) electrons. The van der Waals surface area contributed by atoms with Gasteiger partial charge in [-0.2, -0.15) is 0 Å². The summed E-state index contributed by atoms with van der Waals surface area (Å²) in [6.45, 7) is 2.86. The van der Waals surface area contributed by atoms with Crippen LogP contribution in [0.25, 0.3) is 0 Å². The zero-order chi connectivity index (χ0) is 15.4. The van der Waals surface area contributed by atoms with E-state index in [9.17, 15) is 4.79 Å². The van der Waals surface area contributed by atoms with Gasteiger partial charge in [0.2, 0.25) is 5.91 Å². The molecule has 0 bridgehead atoms. The van der Waals surface area contributed by atoms with Gasteiger partial charge in [-0.1, -0.05) is 0 Å². The van der Waals surface area contributed by atoms with E-state index in [1.165, 1.54) is 12.8 Å². The molecule has 1 N–H and O–H groups in total. The number of nitrogens with zero attached hydrogens (tertiary/aromatic N) is 4. The first-order valence-corrected chi connectivity index (χ1v) is 7.97. The fraction of sp³-hybridized carbons (Fsp3) is 0.643. The average molecular weight is 437 g/mol. The second-order valence-electron chi connectivity index (χ2n) is 5.56. The van der Waals surface area contributed by atoms with Crippen LogP contribution in [0.15, 0.2) is 10.4 Å². The number of guanidine groups is 1. The van der Waals surface area contributed by atoms with E-state index < -0.39 is 0 Å². The first kappa shape index (κ1) is 19.1. The summed E-state index contributed by atoms with van der Waals surface area (Å²) in [6.07, 6.45) is 2.34. The highest BCUT2D eigenvalue weighted by Crippen LogP contribution is 2.19. The molecule has 1 heterocycles. The molecule has 6 nitrogen and oxygen atoms in total. The third-order valence-electron chi connectivity index (χ3n) is 3.20. The Morgan fingerprint density at radius 1 is 1.45 bits per heavy atom. The number of halogens is 1. The molecule has 0 aliphatic heterocycles. The molecule has 1 aliphatic rings. The van der Waals surface area contributed by atoms with Gasteiger partial charge in [0, 0.05) is 32.6 Å². The zero-order valence-electron chi connectivity index (χ0n) is 13.5. The number of thiazole rings is 1. The Morgan fingerprint density at radius 2 is 2.14 bits per heavy atom. The Morgan fingerprint density at radius 3 is 2.64 bits per heavy atom. The van der Waals surface area contributed by atoms with Crippen LogP contribution < -0.4 is 5.32 Å². The third kappa shape index (κ3) is 6.07. The van der Waals surface area contributed by atoms with Crippen molar-refractivity contribution in [3.63, 3.8) is 0 Å². The minimum Gasteiger partial charge on any atom is -0.353 e. The maximum absolute atomic E-state index is 11.7. The van der Waals surface area contributed by atoms with E-state index in [2.05, 4.69) is 20.7 Å². The fourth-order valence-corrected chi connectivity index (χ4v) is 2.37. The third-order valence-corrected chi connectivity index (χ3v) is 4.02. The summed E-state index contributed by atoms with van der Waals surface area (Å²) >= 11 is 1.65. The highest BCUT2D eigenvalue weighted by atomic mass is 127. The number of carbonyl (C=O) groups excluding carboxylic acids is 1. The quantitative estimate of drug-likeness (QED) is 0.433. The summed E-state index contributed by atoms with van der Waals surface area (Å²) in [5.41, 5.74) is 1.03. The standard InChI is InChI=1S/C14H23N5OS.HI/c1-10-16-12(9-21-10)8-19(4)14(17-11-5-6-11)15-7-13(20)18(2)3;/h9,11H,5-8H2,1-4H3,(H,15,17);1H. The van der Waals surface area contributed by atoms with Gasteiger partial charge in [0.05, 0.1) is 17.2 Å². The van der Waals surface area contributed by atoms with Crippen LogP contribution in [0.1, 0.15) is 23.5 Å². The van der Waals surface area contributed by atoms with Crippen molar-refractivity contribution in [3.05, 3.63) is 16.1 Å². The SMILES string of the molecule is Cc1nc(CN(C)C(=NCC(=O)N(C)C)NC2CC2)cs1.I. The number of aliphatic imine (C=N–C) groups is 1. The largest absolute Gasteiger partial charge is 0.353 e. The predicted molar refractivity (Wildman–Crippen MR) is 101 cm³/mol. The van der Waals surface area contributed by atoms with Crippen molar-refractivity contribution in [2.24, 2.45) is 4.99 Å². The van der Waals surface area contributed by atoms with Gasteiger partial charge < -0.3 is 15.1 Å². The van der Waals surface area contributed by atoms with E-state index in [-0.39, 0.29) is 36.4 Å². The summed E-state index contributed by atoms with van der Waals surface area (Å²) in [6, 6.07) is 0.498. The lowest BCUT2D eigenvalue weighted by molar-refractivity contribution is -0.127. The Kier molecular flexibility index (Phi) is 7.54. The highest BCUT2D eigenvalue weighted by Gasteiger charge is 2.24. The lowest BCUT2D eigenvalue weighted by Crippen LogP contribution is -2.40. The number of aryl methyl sites for hydroxylation is 1. The molecule has 2 rings (SSSR count). The van der Waals surface area contributed by atoms with Crippen LogP contribution in [-0.4, -0.2) is 60.4 Å². The topological polar surface area (TPSA) is 60.8 Å². The van der Waals surface area contributed by atoms with E-state index >= 15 is 0 Å². The molecule has 0 unspecified atom stereocenters. The van der Waals surface area contributed by atoms with Crippen molar-refractivity contribution < 1.29 is 4.79 Å². The van der Waals surface area contributed by atoms with Crippen molar-refractivity contribution in [1.82, 2.24) is 20.1 Å².